The van der Waals surface area contributed by atoms with Crippen molar-refractivity contribution in [1.29, 1.82) is 0 Å². The molecule has 0 amide bonds. The molecule has 10 heteroatoms. The van der Waals surface area contributed by atoms with E-state index in [9.17, 15) is 0 Å². The van der Waals surface area contributed by atoms with Crippen LogP contribution >= 0.6 is 23.2 Å². The number of rotatable bonds is 3. The van der Waals surface area contributed by atoms with Gasteiger partial charge in [0.05, 0.1) is 0 Å². The first-order valence-corrected chi connectivity index (χ1v) is 10.3. The quantitative estimate of drug-likeness (QED) is 0.482. The molecule has 4 heterocycles. The molecule has 3 aromatic heterocycles. The van der Waals surface area contributed by atoms with Crippen LogP contribution in [-0.4, -0.2) is 56.0 Å². The number of aryl methyl sites for hydroxylation is 1. The van der Waals surface area contributed by atoms with E-state index in [1.807, 2.05) is 25.1 Å². The molecular weight excluding hydrogens is 423 g/mol. The second-order valence-electron chi connectivity index (χ2n) is 7.08. The number of anilines is 2. The van der Waals surface area contributed by atoms with E-state index in [2.05, 4.69) is 30.0 Å². The van der Waals surface area contributed by atoms with E-state index in [1.54, 1.807) is 28.9 Å². The number of hydrogen-bond acceptors (Lipinski definition) is 7. The fraction of sp³-hybridized carbons (Fsp3) is 0.250. The maximum absolute atomic E-state index is 6.16. The van der Waals surface area contributed by atoms with Gasteiger partial charge in [-0.1, -0.05) is 23.2 Å². The Kier molecular flexibility index (Phi) is 4.88. The van der Waals surface area contributed by atoms with Crippen molar-refractivity contribution in [2.24, 2.45) is 0 Å². The molecule has 0 bridgehead atoms. The topological polar surface area (TPSA) is 75.3 Å². The van der Waals surface area contributed by atoms with Crippen molar-refractivity contribution < 1.29 is 0 Å². The van der Waals surface area contributed by atoms with E-state index in [-0.39, 0.29) is 0 Å². The van der Waals surface area contributed by atoms with Crippen LogP contribution in [0.3, 0.4) is 0 Å². The van der Waals surface area contributed by atoms with Gasteiger partial charge in [0, 0.05) is 48.0 Å². The molecule has 4 aromatic rings. The van der Waals surface area contributed by atoms with Gasteiger partial charge < -0.3 is 9.80 Å². The van der Waals surface area contributed by atoms with E-state index in [4.69, 9.17) is 28.3 Å². The maximum atomic E-state index is 6.16. The summed E-state index contributed by atoms with van der Waals surface area (Å²) in [5.41, 5.74) is 1.44. The zero-order valence-corrected chi connectivity index (χ0v) is 17.7. The monoisotopic (exact) mass is 440 g/mol. The first-order valence-electron chi connectivity index (χ1n) is 9.55. The highest BCUT2D eigenvalue weighted by Crippen LogP contribution is 2.27. The number of aromatic nitrogens is 6. The molecule has 0 spiro atoms. The third-order valence-corrected chi connectivity index (χ3v) is 5.49. The maximum Gasteiger partial charge on any atom is 0.185 e. The van der Waals surface area contributed by atoms with Gasteiger partial charge in [0.25, 0.3) is 0 Å². The van der Waals surface area contributed by atoms with Crippen molar-refractivity contribution in [3.8, 4) is 11.4 Å². The Hall–Kier alpha value is -2.97. The second-order valence-corrected chi connectivity index (χ2v) is 7.95. The first kappa shape index (κ1) is 19.0. The molecule has 30 heavy (non-hydrogen) atoms. The summed E-state index contributed by atoms with van der Waals surface area (Å²) in [7, 11) is 0. The van der Waals surface area contributed by atoms with Crippen LogP contribution in [0.15, 0.2) is 42.6 Å². The van der Waals surface area contributed by atoms with E-state index >= 15 is 0 Å². The lowest BCUT2D eigenvalue weighted by Gasteiger charge is -2.35. The lowest BCUT2D eigenvalue weighted by atomic mass is 10.2. The predicted octanol–water partition coefficient (Wildman–Crippen LogP) is 3.52. The Morgan fingerprint density at radius 1 is 0.833 bits per heavy atom. The standard InChI is InChI=1S/C20H18Cl2N8/c1-13-23-5-4-17(24-13)28-6-8-29(9-7-28)19-3-2-18-25-26-20(30(18)27-19)14-10-15(21)12-16(22)11-14/h2-5,10-12H,6-9H2,1H3. The highest BCUT2D eigenvalue weighted by molar-refractivity contribution is 6.35. The van der Waals surface area contributed by atoms with Crippen LogP contribution in [0.25, 0.3) is 17.0 Å². The molecule has 1 saturated heterocycles. The fourth-order valence-electron chi connectivity index (χ4n) is 3.60. The summed E-state index contributed by atoms with van der Waals surface area (Å²) in [5.74, 6) is 3.22. The van der Waals surface area contributed by atoms with E-state index in [1.165, 1.54) is 0 Å². The van der Waals surface area contributed by atoms with Crippen molar-refractivity contribution in [1.82, 2.24) is 29.8 Å². The SMILES string of the molecule is Cc1nccc(N2CCN(c3ccc4nnc(-c5cc(Cl)cc(Cl)c5)n4n3)CC2)n1. The fourth-order valence-corrected chi connectivity index (χ4v) is 4.12. The summed E-state index contributed by atoms with van der Waals surface area (Å²) in [6.45, 7) is 5.29. The molecule has 8 nitrogen and oxygen atoms in total. The van der Waals surface area contributed by atoms with Crippen LogP contribution in [0.4, 0.5) is 11.6 Å². The smallest absolute Gasteiger partial charge is 0.185 e. The molecule has 5 rings (SSSR count). The molecule has 1 aliphatic heterocycles. The van der Waals surface area contributed by atoms with E-state index in [0.29, 0.717) is 21.5 Å². The lowest BCUT2D eigenvalue weighted by Crippen LogP contribution is -2.47. The molecule has 1 fully saturated rings. The normalized spacial score (nSPS) is 14.5. The van der Waals surface area contributed by atoms with Crippen LogP contribution in [0.1, 0.15) is 5.82 Å². The van der Waals surface area contributed by atoms with Crippen molar-refractivity contribution in [3.63, 3.8) is 0 Å². The van der Waals surface area contributed by atoms with Gasteiger partial charge in [-0.05, 0) is 43.3 Å². The summed E-state index contributed by atoms with van der Waals surface area (Å²) in [4.78, 5) is 13.2. The zero-order valence-electron chi connectivity index (χ0n) is 16.2. The number of piperazine rings is 1. The first-order chi connectivity index (χ1) is 14.6. The van der Waals surface area contributed by atoms with E-state index < -0.39 is 0 Å². The number of hydrogen-bond donors (Lipinski definition) is 0. The molecule has 0 atom stereocenters. The van der Waals surface area contributed by atoms with Crippen LogP contribution in [0, 0.1) is 6.92 Å². The second kappa shape index (κ2) is 7.70. The highest BCUT2D eigenvalue weighted by atomic mass is 35.5. The largest absolute Gasteiger partial charge is 0.353 e. The molecule has 152 valence electrons. The minimum Gasteiger partial charge on any atom is -0.353 e. The number of benzene rings is 1. The Labute approximate surface area is 183 Å². The number of nitrogens with zero attached hydrogens (tertiary/aromatic N) is 8. The third-order valence-electron chi connectivity index (χ3n) is 5.06. The Balaban J connectivity index is 1.40. The Morgan fingerprint density at radius 3 is 2.23 bits per heavy atom. The van der Waals surface area contributed by atoms with Crippen LogP contribution in [0.5, 0.6) is 0 Å². The Bertz CT molecular complexity index is 1200. The van der Waals surface area contributed by atoms with Gasteiger partial charge in [-0.15, -0.1) is 15.3 Å². The van der Waals surface area contributed by atoms with Gasteiger partial charge in [0.1, 0.15) is 17.5 Å². The molecular formula is C20H18Cl2N8. The average molecular weight is 441 g/mol. The van der Waals surface area contributed by atoms with Gasteiger partial charge in [-0.25, -0.2) is 9.97 Å². The highest BCUT2D eigenvalue weighted by Gasteiger charge is 2.20. The number of fused-ring (bicyclic) bond motifs is 1. The van der Waals surface area contributed by atoms with Crippen LogP contribution in [-0.2, 0) is 0 Å². The molecule has 0 radical (unpaired) electrons. The molecule has 1 aromatic carbocycles. The Morgan fingerprint density at radius 2 is 1.53 bits per heavy atom. The molecule has 1 aliphatic rings. The van der Waals surface area contributed by atoms with Crippen molar-refractivity contribution >= 4 is 40.5 Å². The molecule has 0 saturated carbocycles. The van der Waals surface area contributed by atoms with Gasteiger partial charge in [0.2, 0.25) is 0 Å². The summed E-state index contributed by atoms with van der Waals surface area (Å²) in [5, 5.41) is 14.4. The minimum absolute atomic E-state index is 0.543. The molecule has 0 N–H and O–H groups in total. The lowest BCUT2D eigenvalue weighted by molar-refractivity contribution is 0.635. The average Bonchev–Trinajstić information content (AvgIpc) is 3.16. The van der Waals surface area contributed by atoms with Gasteiger partial charge in [0.15, 0.2) is 11.5 Å². The van der Waals surface area contributed by atoms with Gasteiger partial charge >= 0.3 is 0 Å². The predicted molar refractivity (Wildman–Crippen MR) is 117 cm³/mol. The van der Waals surface area contributed by atoms with Crippen molar-refractivity contribution in [2.45, 2.75) is 6.92 Å². The van der Waals surface area contributed by atoms with Crippen LogP contribution in [0.2, 0.25) is 10.0 Å². The van der Waals surface area contributed by atoms with Gasteiger partial charge in [-0.2, -0.15) is 4.52 Å². The summed E-state index contributed by atoms with van der Waals surface area (Å²) in [6, 6.07) is 11.1. The minimum atomic E-state index is 0.543. The third kappa shape index (κ3) is 3.64. The zero-order chi connectivity index (χ0) is 20.7. The van der Waals surface area contributed by atoms with Crippen molar-refractivity contribution in [2.75, 3.05) is 36.0 Å². The van der Waals surface area contributed by atoms with E-state index in [0.717, 1.165) is 49.2 Å². The molecule has 0 aliphatic carbocycles. The summed E-state index contributed by atoms with van der Waals surface area (Å²) >= 11 is 12.3. The number of halogens is 2. The van der Waals surface area contributed by atoms with Crippen molar-refractivity contribution in [3.05, 3.63) is 58.5 Å². The molecule has 0 unspecified atom stereocenters. The summed E-state index contributed by atoms with van der Waals surface area (Å²) in [6.07, 6.45) is 1.80. The summed E-state index contributed by atoms with van der Waals surface area (Å²) < 4.78 is 1.73. The van der Waals surface area contributed by atoms with Gasteiger partial charge in [-0.3, -0.25) is 0 Å². The van der Waals surface area contributed by atoms with Crippen LogP contribution < -0.4 is 9.80 Å².